The number of benzene rings is 8. The normalized spacial score (nSPS) is 11.6. The van der Waals surface area contributed by atoms with Gasteiger partial charge in [0.05, 0.1) is 22.1 Å². The molecule has 0 saturated carbocycles. The third-order valence-corrected chi connectivity index (χ3v) is 10.1. The van der Waals surface area contributed by atoms with Crippen LogP contribution in [0.4, 0.5) is 0 Å². The van der Waals surface area contributed by atoms with E-state index < -0.39 is 0 Å². The van der Waals surface area contributed by atoms with Gasteiger partial charge in [0.15, 0.2) is 0 Å². The summed E-state index contributed by atoms with van der Waals surface area (Å²) in [5.74, 6) is 0. The Morgan fingerprint density at radius 2 is 0.680 bits per heavy atom. The molecule has 2 heterocycles. The molecule has 0 radical (unpaired) electrons. The molecule has 0 spiro atoms. The van der Waals surface area contributed by atoms with Gasteiger partial charge in [-0.15, -0.1) is 0 Å². The largest absolute Gasteiger partial charge is 0.309 e. The highest BCUT2D eigenvalue weighted by molar-refractivity contribution is 6.12. The van der Waals surface area contributed by atoms with E-state index in [2.05, 4.69) is 203 Å². The summed E-state index contributed by atoms with van der Waals surface area (Å²) >= 11 is 0. The van der Waals surface area contributed by atoms with E-state index in [1.54, 1.807) is 0 Å². The smallest absolute Gasteiger partial charge is 0.0547 e. The topological polar surface area (TPSA) is 9.86 Å². The minimum Gasteiger partial charge on any atom is -0.309 e. The van der Waals surface area contributed by atoms with E-state index >= 15 is 0 Å². The first-order chi connectivity index (χ1) is 24.8. The first kappa shape index (κ1) is 28.4. The molecule has 0 bridgehead atoms. The summed E-state index contributed by atoms with van der Waals surface area (Å²) < 4.78 is 4.81. The van der Waals surface area contributed by atoms with Gasteiger partial charge in [-0.25, -0.2) is 0 Å². The van der Waals surface area contributed by atoms with Crippen LogP contribution in [0, 0.1) is 0 Å². The fraction of sp³-hybridized carbons (Fsp3) is 0. The number of fused-ring (bicyclic) bond motifs is 6. The van der Waals surface area contributed by atoms with Gasteiger partial charge in [0.25, 0.3) is 0 Å². The Labute approximate surface area is 290 Å². The minimum absolute atomic E-state index is 1.16. The van der Waals surface area contributed by atoms with Crippen molar-refractivity contribution in [3.63, 3.8) is 0 Å². The van der Waals surface area contributed by atoms with Crippen LogP contribution in [-0.4, -0.2) is 9.13 Å². The van der Waals surface area contributed by atoms with Gasteiger partial charge in [0.1, 0.15) is 0 Å². The van der Waals surface area contributed by atoms with E-state index in [0.29, 0.717) is 0 Å². The number of hydrogen-bond donors (Lipinski definition) is 0. The lowest BCUT2D eigenvalue weighted by atomic mass is 10.0. The van der Waals surface area contributed by atoms with E-state index in [1.807, 2.05) is 0 Å². The third kappa shape index (κ3) is 4.57. The monoisotopic (exact) mass is 636 g/mol. The van der Waals surface area contributed by atoms with Crippen molar-refractivity contribution in [2.45, 2.75) is 0 Å². The van der Waals surface area contributed by atoms with Crippen LogP contribution in [0.5, 0.6) is 0 Å². The van der Waals surface area contributed by atoms with Gasteiger partial charge in [-0.05, 0) is 88.0 Å². The van der Waals surface area contributed by atoms with Crippen molar-refractivity contribution in [2.75, 3.05) is 0 Å². The maximum absolute atomic E-state index is 2.42. The lowest BCUT2D eigenvalue weighted by Crippen LogP contribution is -1.95. The number of para-hydroxylation sites is 2. The number of aromatic nitrogens is 2. The summed E-state index contributed by atoms with van der Waals surface area (Å²) in [6.07, 6.45) is 0. The SMILES string of the molecule is c1ccc(-c2ccc(-n3c4ccccc4c4cc(-c5ccc6c7ccccc7n(-c7cccc(-c8ccccc8)c7)c6c5)ccc43)cc2)cc1. The summed E-state index contributed by atoms with van der Waals surface area (Å²) in [5, 5.41) is 5.02. The molecule has 50 heavy (non-hydrogen) atoms. The Morgan fingerprint density at radius 1 is 0.220 bits per heavy atom. The van der Waals surface area contributed by atoms with E-state index in [9.17, 15) is 0 Å². The summed E-state index contributed by atoms with van der Waals surface area (Å²) in [6, 6.07) is 70.4. The van der Waals surface area contributed by atoms with E-state index in [-0.39, 0.29) is 0 Å². The van der Waals surface area contributed by atoms with Crippen molar-refractivity contribution < 1.29 is 0 Å². The second-order valence-electron chi connectivity index (χ2n) is 13.0. The van der Waals surface area contributed by atoms with Gasteiger partial charge in [-0.3, -0.25) is 0 Å². The van der Waals surface area contributed by atoms with Crippen LogP contribution in [-0.2, 0) is 0 Å². The lowest BCUT2D eigenvalue weighted by molar-refractivity contribution is 1.18. The molecule has 0 aliphatic rings. The molecular formula is C48H32N2. The molecule has 2 aromatic heterocycles. The van der Waals surface area contributed by atoms with Crippen LogP contribution in [0.3, 0.4) is 0 Å². The van der Waals surface area contributed by atoms with Crippen molar-refractivity contribution in [3.05, 3.63) is 194 Å². The summed E-state index contributed by atoms with van der Waals surface area (Å²) in [7, 11) is 0. The third-order valence-electron chi connectivity index (χ3n) is 10.1. The van der Waals surface area contributed by atoms with Crippen LogP contribution in [0.2, 0.25) is 0 Å². The number of nitrogens with zero attached hydrogens (tertiary/aromatic N) is 2. The second-order valence-corrected chi connectivity index (χ2v) is 13.0. The van der Waals surface area contributed by atoms with Gasteiger partial charge in [-0.1, -0.05) is 140 Å². The molecule has 10 rings (SSSR count). The maximum Gasteiger partial charge on any atom is 0.0547 e. The molecule has 10 aromatic rings. The molecule has 8 aromatic carbocycles. The zero-order valence-corrected chi connectivity index (χ0v) is 27.4. The number of hydrogen-bond acceptors (Lipinski definition) is 0. The highest BCUT2D eigenvalue weighted by Gasteiger charge is 2.16. The van der Waals surface area contributed by atoms with Gasteiger partial charge >= 0.3 is 0 Å². The maximum atomic E-state index is 2.42. The van der Waals surface area contributed by atoms with Crippen molar-refractivity contribution in [3.8, 4) is 44.8 Å². The predicted octanol–water partition coefficient (Wildman–Crippen LogP) is 12.9. The molecule has 0 N–H and O–H groups in total. The minimum atomic E-state index is 1.16. The molecule has 0 aliphatic carbocycles. The Balaban J connectivity index is 1.12. The molecule has 2 nitrogen and oxygen atoms in total. The van der Waals surface area contributed by atoms with Crippen molar-refractivity contribution in [1.82, 2.24) is 9.13 Å². The molecule has 0 atom stereocenters. The molecule has 0 amide bonds. The standard InChI is InChI=1S/C48H32N2/c1-3-12-33(13-4-1)35-22-26-39(27-23-35)49-46-21-10-8-19-42(46)44-31-37(25-29-47(44)49)38-24-28-43-41-18-7-9-20-45(41)50(48(43)32-38)40-17-11-16-36(30-40)34-14-5-2-6-15-34/h1-32H. The Kier molecular flexibility index (Phi) is 6.53. The zero-order chi connectivity index (χ0) is 33.0. The van der Waals surface area contributed by atoms with Gasteiger partial charge < -0.3 is 9.13 Å². The summed E-state index contributed by atoms with van der Waals surface area (Å²) in [6.45, 7) is 0. The molecular weight excluding hydrogens is 605 g/mol. The quantitative estimate of drug-likeness (QED) is 0.178. The average Bonchev–Trinajstić information content (AvgIpc) is 3.71. The van der Waals surface area contributed by atoms with Crippen molar-refractivity contribution >= 4 is 43.6 Å². The van der Waals surface area contributed by atoms with E-state index in [1.165, 1.54) is 77.0 Å². The van der Waals surface area contributed by atoms with Crippen LogP contribution in [0.1, 0.15) is 0 Å². The molecule has 0 unspecified atom stereocenters. The molecule has 0 fully saturated rings. The van der Waals surface area contributed by atoms with Gasteiger partial charge in [0, 0.05) is 32.9 Å². The highest BCUT2D eigenvalue weighted by Crippen LogP contribution is 2.39. The van der Waals surface area contributed by atoms with Crippen molar-refractivity contribution in [1.29, 1.82) is 0 Å². The lowest BCUT2D eigenvalue weighted by Gasteiger charge is -2.12. The fourth-order valence-electron chi connectivity index (χ4n) is 7.75. The van der Waals surface area contributed by atoms with E-state index in [4.69, 9.17) is 0 Å². The molecule has 234 valence electrons. The van der Waals surface area contributed by atoms with Crippen LogP contribution < -0.4 is 0 Å². The van der Waals surface area contributed by atoms with Crippen LogP contribution in [0.25, 0.3) is 88.4 Å². The highest BCUT2D eigenvalue weighted by atomic mass is 15.0. The Hall–Kier alpha value is -6.64. The second kappa shape index (κ2) is 11.5. The predicted molar refractivity (Wildman–Crippen MR) is 211 cm³/mol. The Morgan fingerprint density at radius 3 is 1.40 bits per heavy atom. The Bertz CT molecular complexity index is 2840. The molecule has 0 aliphatic heterocycles. The first-order valence-electron chi connectivity index (χ1n) is 17.2. The molecule has 2 heteroatoms. The van der Waals surface area contributed by atoms with Gasteiger partial charge in [-0.2, -0.15) is 0 Å². The van der Waals surface area contributed by atoms with Crippen LogP contribution >= 0.6 is 0 Å². The average molecular weight is 637 g/mol. The van der Waals surface area contributed by atoms with Gasteiger partial charge in [0.2, 0.25) is 0 Å². The summed E-state index contributed by atoms with van der Waals surface area (Å²) in [4.78, 5) is 0. The van der Waals surface area contributed by atoms with Crippen LogP contribution in [0.15, 0.2) is 194 Å². The van der Waals surface area contributed by atoms with Crippen molar-refractivity contribution in [2.24, 2.45) is 0 Å². The molecule has 0 saturated heterocycles. The first-order valence-corrected chi connectivity index (χ1v) is 17.2. The van der Waals surface area contributed by atoms with E-state index in [0.717, 1.165) is 11.4 Å². The zero-order valence-electron chi connectivity index (χ0n) is 27.4. The number of rotatable bonds is 5. The fourth-order valence-corrected chi connectivity index (χ4v) is 7.75. The summed E-state index contributed by atoms with van der Waals surface area (Å²) in [5.41, 5.74) is 14.4.